The number of carbonyl (C=O) groups excluding carboxylic acids is 2. The Balaban J connectivity index is 1.67. The Labute approximate surface area is 129 Å². The van der Waals surface area contributed by atoms with Crippen LogP contribution in [0, 0.1) is 6.92 Å². The van der Waals surface area contributed by atoms with E-state index >= 15 is 0 Å². The molecule has 0 atom stereocenters. The van der Waals surface area contributed by atoms with Crippen molar-refractivity contribution in [3.05, 3.63) is 47.4 Å². The van der Waals surface area contributed by atoms with E-state index in [1.54, 1.807) is 0 Å². The topological polar surface area (TPSA) is 73.9 Å². The predicted molar refractivity (Wildman–Crippen MR) is 78.8 cm³/mol. The monoisotopic (exact) mass is 305 g/mol. The first kappa shape index (κ1) is 15.9. The summed E-state index contributed by atoms with van der Waals surface area (Å²) in [6.45, 7) is 2.87. The van der Waals surface area contributed by atoms with E-state index in [9.17, 15) is 9.59 Å². The Morgan fingerprint density at radius 3 is 2.82 bits per heavy atom. The number of carbonyl (C=O) groups is 2. The van der Waals surface area contributed by atoms with E-state index in [2.05, 4.69) is 5.32 Å². The van der Waals surface area contributed by atoms with Crippen molar-refractivity contribution in [1.29, 1.82) is 0 Å². The third-order valence-electron chi connectivity index (χ3n) is 3.16. The van der Waals surface area contributed by atoms with E-state index < -0.39 is 5.97 Å². The highest BCUT2D eigenvalue weighted by Gasteiger charge is 2.17. The molecule has 1 aromatic carbocycles. The predicted octanol–water partition coefficient (Wildman–Crippen LogP) is 1.09. The molecule has 0 aliphatic carbocycles. The molecule has 0 bridgehead atoms. The molecule has 1 aromatic rings. The number of amides is 1. The van der Waals surface area contributed by atoms with Crippen molar-refractivity contribution in [1.82, 2.24) is 5.32 Å². The first-order valence-electron chi connectivity index (χ1n) is 7.09. The minimum absolute atomic E-state index is 0.0149. The Bertz CT molecular complexity index is 567. The number of rotatable bonds is 6. The molecule has 1 aliphatic heterocycles. The van der Waals surface area contributed by atoms with Crippen molar-refractivity contribution in [3.63, 3.8) is 0 Å². The number of benzene rings is 1. The third kappa shape index (κ3) is 4.80. The highest BCUT2D eigenvalue weighted by molar-refractivity contribution is 5.88. The Morgan fingerprint density at radius 1 is 1.27 bits per heavy atom. The van der Waals surface area contributed by atoms with E-state index in [0.717, 1.165) is 6.42 Å². The maximum absolute atomic E-state index is 11.6. The lowest BCUT2D eigenvalue weighted by Gasteiger charge is -2.14. The Hall–Kier alpha value is -2.50. The fraction of sp³-hybridized carbons (Fsp3) is 0.375. The maximum atomic E-state index is 11.6. The van der Waals surface area contributed by atoms with Crippen LogP contribution in [0.15, 0.2) is 36.3 Å². The summed E-state index contributed by atoms with van der Waals surface area (Å²) in [5.41, 5.74) is 2.36. The quantitative estimate of drug-likeness (QED) is 0.796. The van der Waals surface area contributed by atoms with Crippen molar-refractivity contribution in [2.24, 2.45) is 0 Å². The summed E-state index contributed by atoms with van der Waals surface area (Å²) in [6.07, 6.45) is 1.93. The summed E-state index contributed by atoms with van der Waals surface area (Å²) in [5, 5.41) is 2.71. The number of aryl methyl sites for hydroxylation is 1. The molecular formula is C16H19NO5. The van der Waals surface area contributed by atoms with Crippen LogP contribution < -0.4 is 5.32 Å². The van der Waals surface area contributed by atoms with Crippen LogP contribution in [0.4, 0.5) is 0 Å². The normalized spacial score (nSPS) is 13.4. The summed E-state index contributed by atoms with van der Waals surface area (Å²) in [6, 6.07) is 7.99. The minimum Gasteiger partial charge on any atom is -0.493 e. The van der Waals surface area contributed by atoms with Gasteiger partial charge in [-0.2, -0.15) is 0 Å². The van der Waals surface area contributed by atoms with Crippen LogP contribution in [-0.2, 0) is 30.2 Å². The van der Waals surface area contributed by atoms with Gasteiger partial charge in [0.2, 0.25) is 5.76 Å². The Kier molecular flexibility index (Phi) is 5.82. The molecule has 0 fully saturated rings. The summed E-state index contributed by atoms with van der Waals surface area (Å²) < 4.78 is 14.8. The van der Waals surface area contributed by atoms with Crippen molar-refractivity contribution < 1.29 is 23.8 Å². The van der Waals surface area contributed by atoms with Gasteiger partial charge in [-0.25, -0.2) is 4.79 Å². The van der Waals surface area contributed by atoms with Gasteiger partial charge in [-0.3, -0.25) is 4.79 Å². The second-order valence-electron chi connectivity index (χ2n) is 4.80. The van der Waals surface area contributed by atoms with Gasteiger partial charge in [0.05, 0.1) is 0 Å². The van der Waals surface area contributed by atoms with Crippen molar-refractivity contribution >= 4 is 11.9 Å². The number of ether oxygens (including phenoxy) is 3. The van der Waals surface area contributed by atoms with Gasteiger partial charge >= 0.3 is 5.97 Å². The number of nitrogens with one attached hydrogen (secondary N) is 1. The molecule has 22 heavy (non-hydrogen) atoms. The standard InChI is InChI=1S/C16H19NO5/c1-12-4-2-3-5-13(12)6-7-17-15(18)11-22-16(19)14-10-20-8-9-21-14/h2-5,10H,6-9,11H2,1H3,(H,17,18). The summed E-state index contributed by atoms with van der Waals surface area (Å²) >= 11 is 0. The molecule has 1 heterocycles. The molecule has 6 nitrogen and oxygen atoms in total. The van der Waals surface area contributed by atoms with E-state index in [1.807, 2.05) is 31.2 Å². The molecule has 0 saturated heterocycles. The summed E-state index contributed by atoms with van der Waals surface area (Å²) in [5.74, 6) is -1.06. The molecule has 0 aromatic heterocycles. The van der Waals surface area contributed by atoms with Crippen LogP contribution in [0.5, 0.6) is 0 Å². The van der Waals surface area contributed by atoms with Gasteiger partial charge < -0.3 is 19.5 Å². The SMILES string of the molecule is Cc1ccccc1CCNC(=O)COC(=O)C1=COCCO1. The zero-order valence-corrected chi connectivity index (χ0v) is 12.5. The highest BCUT2D eigenvalue weighted by Crippen LogP contribution is 2.07. The van der Waals surface area contributed by atoms with Crippen molar-refractivity contribution in [2.45, 2.75) is 13.3 Å². The fourth-order valence-electron chi connectivity index (χ4n) is 1.96. The minimum atomic E-state index is -0.700. The molecule has 0 unspecified atom stereocenters. The van der Waals surface area contributed by atoms with E-state index in [4.69, 9.17) is 14.2 Å². The third-order valence-corrected chi connectivity index (χ3v) is 3.16. The molecule has 0 saturated carbocycles. The molecule has 1 aliphatic rings. The van der Waals surface area contributed by atoms with Crippen molar-refractivity contribution in [3.8, 4) is 0 Å². The molecule has 118 valence electrons. The molecular weight excluding hydrogens is 286 g/mol. The average molecular weight is 305 g/mol. The van der Waals surface area contributed by atoms with Crippen LogP contribution in [0.2, 0.25) is 0 Å². The van der Waals surface area contributed by atoms with Gasteiger partial charge in [0, 0.05) is 6.54 Å². The number of hydrogen-bond donors (Lipinski definition) is 1. The second kappa shape index (κ2) is 8.07. The second-order valence-corrected chi connectivity index (χ2v) is 4.80. The highest BCUT2D eigenvalue weighted by atomic mass is 16.6. The molecule has 2 rings (SSSR count). The molecule has 0 radical (unpaired) electrons. The van der Waals surface area contributed by atoms with Crippen LogP contribution in [0.25, 0.3) is 0 Å². The zero-order valence-electron chi connectivity index (χ0n) is 12.5. The summed E-state index contributed by atoms with van der Waals surface area (Å²) in [7, 11) is 0. The smallest absolute Gasteiger partial charge is 0.377 e. The van der Waals surface area contributed by atoms with Gasteiger partial charge in [0.1, 0.15) is 19.5 Å². The van der Waals surface area contributed by atoms with Crippen LogP contribution in [-0.4, -0.2) is 38.2 Å². The van der Waals surface area contributed by atoms with Gasteiger partial charge in [0.15, 0.2) is 6.61 Å². The number of hydrogen-bond acceptors (Lipinski definition) is 5. The largest absolute Gasteiger partial charge is 0.493 e. The van der Waals surface area contributed by atoms with Crippen molar-refractivity contribution in [2.75, 3.05) is 26.4 Å². The lowest BCUT2D eigenvalue weighted by Crippen LogP contribution is -2.31. The first-order chi connectivity index (χ1) is 10.7. The van der Waals surface area contributed by atoms with Gasteiger partial charge in [-0.15, -0.1) is 0 Å². The molecule has 1 N–H and O–H groups in total. The molecule has 0 spiro atoms. The maximum Gasteiger partial charge on any atom is 0.377 e. The van der Waals surface area contributed by atoms with Gasteiger partial charge in [-0.05, 0) is 24.5 Å². The van der Waals surface area contributed by atoms with E-state index in [1.165, 1.54) is 17.4 Å². The Morgan fingerprint density at radius 2 is 2.09 bits per heavy atom. The van der Waals surface area contributed by atoms with Crippen LogP contribution >= 0.6 is 0 Å². The number of esters is 1. The lowest BCUT2D eigenvalue weighted by molar-refractivity contribution is -0.149. The zero-order chi connectivity index (χ0) is 15.8. The van der Waals surface area contributed by atoms with Crippen LogP contribution in [0.1, 0.15) is 11.1 Å². The van der Waals surface area contributed by atoms with Crippen LogP contribution in [0.3, 0.4) is 0 Å². The van der Waals surface area contributed by atoms with E-state index in [0.29, 0.717) is 19.8 Å². The van der Waals surface area contributed by atoms with Gasteiger partial charge in [0.25, 0.3) is 5.91 Å². The lowest BCUT2D eigenvalue weighted by atomic mass is 10.1. The van der Waals surface area contributed by atoms with Gasteiger partial charge in [-0.1, -0.05) is 24.3 Å². The molecule has 1 amide bonds. The van der Waals surface area contributed by atoms with E-state index in [-0.39, 0.29) is 18.3 Å². The summed E-state index contributed by atoms with van der Waals surface area (Å²) in [4.78, 5) is 23.2. The first-order valence-corrected chi connectivity index (χ1v) is 7.09. The fourth-order valence-corrected chi connectivity index (χ4v) is 1.96. The average Bonchev–Trinajstić information content (AvgIpc) is 2.55. The molecule has 6 heteroatoms.